The number of aromatic nitrogens is 1. The summed E-state index contributed by atoms with van der Waals surface area (Å²) in [4.78, 5) is 15.3. The summed E-state index contributed by atoms with van der Waals surface area (Å²) in [6.07, 6.45) is -4.51. The van der Waals surface area contributed by atoms with Crippen LogP contribution in [-0.2, 0) is 6.18 Å². The van der Waals surface area contributed by atoms with Gasteiger partial charge in [-0.1, -0.05) is 12.1 Å². The fourth-order valence-corrected chi connectivity index (χ4v) is 2.37. The molecule has 0 bridgehead atoms. The first-order valence-corrected chi connectivity index (χ1v) is 6.77. The number of carbonyl (C=O) groups is 1. The molecule has 7 heteroatoms. The Morgan fingerprint density at radius 1 is 1.04 bits per heavy atom. The summed E-state index contributed by atoms with van der Waals surface area (Å²) in [7, 11) is 0. The summed E-state index contributed by atoms with van der Waals surface area (Å²) in [6, 6.07) is 9.23. The molecule has 0 saturated heterocycles. The van der Waals surface area contributed by atoms with E-state index in [-0.39, 0.29) is 27.7 Å². The van der Waals surface area contributed by atoms with Crippen LogP contribution in [0.5, 0.6) is 0 Å². The minimum absolute atomic E-state index is 0.00868. The molecule has 2 aromatic carbocycles. The Labute approximate surface area is 133 Å². The van der Waals surface area contributed by atoms with Crippen molar-refractivity contribution in [2.45, 2.75) is 6.18 Å². The molecule has 0 aliphatic carbocycles. The maximum absolute atomic E-state index is 13.8. The Kier molecular flexibility index (Phi) is 3.71. The lowest BCUT2D eigenvalue weighted by Crippen LogP contribution is -2.05. The second kappa shape index (κ2) is 5.59. The van der Waals surface area contributed by atoms with Crippen molar-refractivity contribution in [3.63, 3.8) is 0 Å². The molecule has 0 spiro atoms. The quantitative estimate of drug-likeness (QED) is 0.687. The molecule has 122 valence electrons. The van der Waals surface area contributed by atoms with Gasteiger partial charge in [0.15, 0.2) is 0 Å². The van der Waals surface area contributed by atoms with Gasteiger partial charge in [0, 0.05) is 10.9 Å². The number of hydrogen-bond acceptors (Lipinski definition) is 2. The number of pyridine rings is 1. The highest BCUT2D eigenvalue weighted by Crippen LogP contribution is 2.32. The third kappa shape index (κ3) is 2.80. The highest BCUT2D eigenvalue weighted by Gasteiger charge is 2.30. The van der Waals surface area contributed by atoms with E-state index in [4.69, 9.17) is 0 Å². The summed E-state index contributed by atoms with van der Waals surface area (Å²) >= 11 is 0. The number of carboxylic acids is 1. The molecule has 0 fully saturated rings. The third-order valence-electron chi connectivity index (χ3n) is 3.52. The molecule has 0 radical (unpaired) electrons. The topological polar surface area (TPSA) is 50.2 Å². The summed E-state index contributed by atoms with van der Waals surface area (Å²) in [5, 5.41) is 9.17. The van der Waals surface area contributed by atoms with Crippen molar-refractivity contribution in [1.82, 2.24) is 4.98 Å². The zero-order valence-electron chi connectivity index (χ0n) is 11.9. The fraction of sp³-hybridized carbons (Fsp3) is 0.0588. The summed E-state index contributed by atoms with van der Waals surface area (Å²) in [6.45, 7) is 0. The van der Waals surface area contributed by atoms with Crippen LogP contribution in [-0.4, -0.2) is 16.1 Å². The van der Waals surface area contributed by atoms with E-state index in [9.17, 15) is 27.5 Å². The number of hydrogen-bond donors (Lipinski definition) is 1. The number of halogens is 4. The number of benzene rings is 2. The second-order valence-electron chi connectivity index (χ2n) is 5.07. The van der Waals surface area contributed by atoms with E-state index in [2.05, 4.69) is 4.98 Å². The van der Waals surface area contributed by atoms with Gasteiger partial charge in [0.25, 0.3) is 0 Å². The normalized spacial score (nSPS) is 11.7. The lowest BCUT2D eigenvalue weighted by molar-refractivity contribution is -0.137. The van der Waals surface area contributed by atoms with Gasteiger partial charge in [0.1, 0.15) is 5.82 Å². The Bertz CT molecular complexity index is 951. The van der Waals surface area contributed by atoms with Crippen LogP contribution < -0.4 is 0 Å². The molecule has 1 heterocycles. The van der Waals surface area contributed by atoms with Crippen LogP contribution in [0.25, 0.3) is 22.2 Å². The molecule has 24 heavy (non-hydrogen) atoms. The van der Waals surface area contributed by atoms with Gasteiger partial charge in [-0.2, -0.15) is 13.2 Å². The number of carboxylic acid groups (broad SMARTS) is 1. The summed E-state index contributed by atoms with van der Waals surface area (Å²) in [5.41, 5.74) is -0.897. The van der Waals surface area contributed by atoms with Crippen molar-refractivity contribution in [3.05, 3.63) is 65.5 Å². The highest BCUT2D eigenvalue weighted by atomic mass is 19.4. The van der Waals surface area contributed by atoms with Crippen LogP contribution in [0.3, 0.4) is 0 Å². The molecule has 0 aliphatic heterocycles. The van der Waals surface area contributed by atoms with E-state index in [0.29, 0.717) is 0 Å². The number of rotatable bonds is 2. The lowest BCUT2D eigenvalue weighted by atomic mass is 10.0. The maximum atomic E-state index is 13.8. The van der Waals surface area contributed by atoms with Crippen LogP contribution in [0, 0.1) is 5.82 Å². The summed E-state index contributed by atoms with van der Waals surface area (Å²) < 4.78 is 52.2. The minimum atomic E-state index is -4.51. The van der Waals surface area contributed by atoms with Crippen LogP contribution >= 0.6 is 0 Å². The van der Waals surface area contributed by atoms with Crippen molar-refractivity contribution >= 4 is 16.9 Å². The van der Waals surface area contributed by atoms with E-state index in [0.717, 1.165) is 24.3 Å². The molecule has 3 rings (SSSR count). The van der Waals surface area contributed by atoms with Gasteiger partial charge in [-0.15, -0.1) is 0 Å². The first-order chi connectivity index (χ1) is 11.3. The molecule has 0 saturated carbocycles. The van der Waals surface area contributed by atoms with Crippen molar-refractivity contribution in [3.8, 4) is 11.3 Å². The standard InChI is InChI=1S/C17H9F4NO2/c18-13-6-4-12(16(23)24)15-11(13)5-7-14(22-15)9-2-1-3-10(8-9)17(19,20)21/h1-8H,(H,23,24). The molecule has 1 aromatic heterocycles. The van der Waals surface area contributed by atoms with Gasteiger partial charge in [0.2, 0.25) is 0 Å². The van der Waals surface area contributed by atoms with Gasteiger partial charge in [-0.3, -0.25) is 0 Å². The fourth-order valence-electron chi connectivity index (χ4n) is 2.37. The SMILES string of the molecule is O=C(O)c1ccc(F)c2ccc(-c3cccc(C(F)(F)F)c3)nc12. The van der Waals surface area contributed by atoms with E-state index < -0.39 is 23.5 Å². The first-order valence-electron chi connectivity index (χ1n) is 6.77. The Morgan fingerprint density at radius 3 is 2.46 bits per heavy atom. The molecule has 0 amide bonds. The highest BCUT2D eigenvalue weighted by molar-refractivity contribution is 6.02. The Hall–Kier alpha value is -2.96. The van der Waals surface area contributed by atoms with Gasteiger partial charge < -0.3 is 5.11 Å². The lowest BCUT2D eigenvalue weighted by Gasteiger charge is -2.10. The number of aromatic carboxylic acids is 1. The Morgan fingerprint density at radius 2 is 1.79 bits per heavy atom. The van der Waals surface area contributed by atoms with Gasteiger partial charge in [-0.25, -0.2) is 14.2 Å². The summed E-state index contributed by atoms with van der Waals surface area (Å²) in [5.74, 6) is -1.95. The monoisotopic (exact) mass is 335 g/mol. The Balaban J connectivity index is 2.22. The molecule has 3 aromatic rings. The second-order valence-corrected chi connectivity index (χ2v) is 5.07. The predicted molar refractivity (Wildman–Crippen MR) is 79.1 cm³/mol. The molecule has 0 atom stereocenters. The minimum Gasteiger partial charge on any atom is -0.478 e. The smallest absolute Gasteiger partial charge is 0.416 e. The van der Waals surface area contributed by atoms with E-state index in [1.54, 1.807) is 0 Å². The van der Waals surface area contributed by atoms with Crippen LogP contribution in [0.4, 0.5) is 17.6 Å². The van der Waals surface area contributed by atoms with E-state index in [1.165, 1.54) is 24.3 Å². The van der Waals surface area contributed by atoms with E-state index in [1.807, 2.05) is 0 Å². The van der Waals surface area contributed by atoms with Gasteiger partial charge in [-0.05, 0) is 36.4 Å². The van der Waals surface area contributed by atoms with Crippen molar-refractivity contribution < 1.29 is 27.5 Å². The number of alkyl halides is 3. The molecule has 0 unspecified atom stereocenters. The average molecular weight is 335 g/mol. The average Bonchev–Trinajstić information content (AvgIpc) is 2.54. The van der Waals surface area contributed by atoms with Crippen LogP contribution in [0.15, 0.2) is 48.5 Å². The largest absolute Gasteiger partial charge is 0.478 e. The zero-order chi connectivity index (χ0) is 17.5. The number of fused-ring (bicyclic) bond motifs is 1. The van der Waals surface area contributed by atoms with E-state index >= 15 is 0 Å². The molecule has 0 aliphatic rings. The maximum Gasteiger partial charge on any atom is 0.416 e. The zero-order valence-corrected chi connectivity index (χ0v) is 11.9. The molecule has 1 N–H and O–H groups in total. The first kappa shape index (κ1) is 15.9. The molecular weight excluding hydrogens is 326 g/mol. The third-order valence-corrected chi connectivity index (χ3v) is 3.52. The van der Waals surface area contributed by atoms with Crippen molar-refractivity contribution in [2.24, 2.45) is 0 Å². The van der Waals surface area contributed by atoms with Crippen molar-refractivity contribution in [1.29, 1.82) is 0 Å². The van der Waals surface area contributed by atoms with Crippen molar-refractivity contribution in [2.75, 3.05) is 0 Å². The number of nitrogens with zero attached hydrogens (tertiary/aromatic N) is 1. The van der Waals surface area contributed by atoms with Gasteiger partial charge >= 0.3 is 12.1 Å². The van der Waals surface area contributed by atoms with Gasteiger partial charge in [0.05, 0.1) is 22.3 Å². The van der Waals surface area contributed by atoms with Crippen LogP contribution in [0.1, 0.15) is 15.9 Å². The molecule has 3 nitrogen and oxygen atoms in total. The molecular formula is C17H9F4NO2. The predicted octanol–water partition coefficient (Wildman–Crippen LogP) is 4.76. The van der Waals surface area contributed by atoms with Crippen LogP contribution in [0.2, 0.25) is 0 Å².